The number of carbonyl (C=O) groups is 1. The monoisotopic (exact) mass is 419 g/mol. The van der Waals surface area contributed by atoms with Crippen LogP contribution < -0.4 is 5.56 Å². The molecule has 29 heavy (non-hydrogen) atoms. The Kier molecular flexibility index (Phi) is 6.95. The van der Waals surface area contributed by atoms with Gasteiger partial charge in [-0.25, -0.2) is 13.8 Å². The number of rotatable bonds is 8. The summed E-state index contributed by atoms with van der Waals surface area (Å²) in [4.78, 5) is 34.0. The quantitative estimate of drug-likeness (QED) is 0.568. The van der Waals surface area contributed by atoms with E-state index in [1.807, 2.05) is 0 Å². The minimum absolute atomic E-state index is 0.0204. The topological polar surface area (TPSA) is 75.3 Å². The van der Waals surface area contributed by atoms with Gasteiger partial charge in [-0.2, -0.15) is 0 Å². The van der Waals surface area contributed by atoms with Crippen molar-refractivity contribution >= 4 is 28.6 Å². The molecule has 9 heteroatoms. The lowest BCUT2D eigenvalue weighted by atomic mass is 10.2. The van der Waals surface area contributed by atoms with Gasteiger partial charge in [-0.05, 0) is 30.3 Å². The van der Waals surface area contributed by atoms with Crippen LogP contribution in [-0.2, 0) is 16.1 Å². The second kappa shape index (κ2) is 9.62. The van der Waals surface area contributed by atoms with E-state index in [1.54, 1.807) is 24.3 Å². The molecule has 0 radical (unpaired) electrons. The number of benzene rings is 2. The molecule has 0 atom stereocenters. The Bertz CT molecular complexity index is 1070. The molecule has 1 heterocycles. The minimum atomic E-state index is -0.961. The Hall–Kier alpha value is -2.78. The number of methoxy groups -OCH3 is 1. The van der Waals surface area contributed by atoms with Crippen molar-refractivity contribution in [1.82, 2.24) is 14.9 Å². The van der Waals surface area contributed by atoms with Gasteiger partial charge < -0.3 is 14.6 Å². The number of ether oxygens (including phenoxy) is 1. The summed E-state index contributed by atoms with van der Waals surface area (Å²) in [6.07, 6.45) is 0. The number of halogens is 2. The van der Waals surface area contributed by atoms with Crippen LogP contribution in [0.15, 0.2) is 52.2 Å². The van der Waals surface area contributed by atoms with Crippen molar-refractivity contribution in [2.75, 3.05) is 26.0 Å². The van der Waals surface area contributed by atoms with Crippen LogP contribution in [0.25, 0.3) is 10.9 Å². The van der Waals surface area contributed by atoms with Crippen molar-refractivity contribution in [2.24, 2.45) is 0 Å². The number of fused-ring (bicyclic) bond motifs is 1. The van der Waals surface area contributed by atoms with Crippen molar-refractivity contribution in [3.63, 3.8) is 0 Å². The van der Waals surface area contributed by atoms with E-state index in [4.69, 9.17) is 4.74 Å². The van der Waals surface area contributed by atoms with Gasteiger partial charge in [0.2, 0.25) is 5.91 Å². The molecule has 0 saturated heterocycles. The molecule has 0 unspecified atom stereocenters. The Morgan fingerprint density at radius 2 is 2.00 bits per heavy atom. The Morgan fingerprint density at radius 1 is 1.21 bits per heavy atom. The van der Waals surface area contributed by atoms with E-state index in [-0.39, 0.29) is 23.8 Å². The van der Waals surface area contributed by atoms with Crippen LogP contribution >= 0.6 is 11.8 Å². The average Bonchev–Trinajstić information content (AvgIpc) is 2.71. The molecule has 0 aliphatic rings. The van der Waals surface area contributed by atoms with Crippen LogP contribution in [0.3, 0.4) is 0 Å². The summed E-state index contributed by atoms with van der Waals surface area (Å²) >= 11 is 1.10. The second-order valence-electron chi connectivity index (χ2n) is 6.20. The summed E-state index contributed by atoms with van der Waals surface area (Å²) in [5, 5.41) is 0.472. The van der Waals surface area contributed by atoms with E-state index >= 15 is 0 Å². The standard InChI is InChI=1S/C20H19F2N3O3S/c1-28-9-8-25(19(26)12-29-13-6-7-15(21)16(22)10-13)11-18-23-17-5-3-2-4-14(17)20(27)24-18/h2-7,10H,8-9,11-12H2,1H3,(H,23,24,27). The van der Waals surface area contributed by atoms with Crippen molar-refractivity contribution in [1.29, 1.82) is 0 Å². The van der Waals surface area contributed by atoms with Crippen LogP contribution in [0.2, 0.25) is 0 Å². The Labute approximate surface area is 169 Å². The van der Waals surface area contributed by atoms with Gasteiger partial charge in [-0.1, -0.05) is 12.1 Å². The zero-order valence-corrected chi connectivity index (χ0v) is 16.5. The number of aromatic amines is 1. The summed E-state index contributed by atoms with van der Waals surface area (Å²) in [5.74, 6) is -1.76. The molecule has 0 aliphatic carbocycles. The molecule has 152 valence electrons. The second-order valence-corrected chi connectivity index (χ2v) is 7.25. The average molecular weight is 419 g/mol. The Balaban J connectivity index is 1.73. The third-order valence-electron chi connectivity index (χ3n) is 4.17. The lowest BCUT2D eigenvalue weighted by Crippen LogP contribution is -2.35. The largest absolute Gasteiger partial charge is 0.383 e. The number of amides is 1. The zero-order valence-electron chi connectivity index (χ0n) is 15.7. The van der Waals surface area contributed by atoms with E-state index in [2.05, 4.69) is 9.97 Å². The minimum Gasteiger partial charge on any atom is -0.383 e. The molecule has 1 N–H and O–H groups in total. The maximum absolute atomic E-state index is 13.3. The molecule has 6 nitrogen and oxygen atoms in total. The summed E-state index contributed by atoms with van der Waals surface area (Å²) < 4.78 is 31.4. The van der Waals surface area contributed by atoms with Crippen molar-refractivity contribution in [3.05, 3.63) is 70.3 Å². The molecule has 3 aromatic rings. The van der Waals surface area contributed by atoms with E-state index in [1.165, 1.54) is 18.1 Å². The van der Waals surface area contributed by atoms with E-state index in [0.717, 1.165) is 23.9 Å². The summed E-state index contributed by atoms with van der Waals surface area (Å²) in [6, 6.07) is 10.4. The first kappa shape index (κ1) is 20.9. The molecular weight excluding hydrogens is 400 g/mol. The van der Waals surface area contributed by atoms with E-state index in [9.17, 15) is 18.4 Å². The molecule has 0 aliphatic heterocycles. The number of hydrogen-bond donors (Lipinski definition) is 1. The number of para-hydroxylation sites is 1. The van der Waals surface area contributed by atoms with Crippen LogP contribution in [0, 0.1) is 11.6 Å². The first-order chi connectivity index (χ1) is 14.0. The fourth-order valence-electron chi connectivity index (χ4n) is 2.69. The summed E-state index contributed by atoms with van der Waals surface area (Å²) in [5.41, 5.74) is 0.266. The maximum Gasteiger partial charge on any atom is 0.258 e. The summed E-state index contributed by atoms with van der Waals surface area (Å²) in [6.45, 7) is 0.699. The summed E-state index contributed by atoms with van der Waals surface area (Å²) in [7, 11) is 1.52. The van der Waals surface area contributed by atoms with Crippen LogP contribution in [0.5, 0.6) is 0 Å². The number of nitrogens with zero attached hydrogens (tertiary/aromatic N) is 2. The van der Waals surface area contributed by atoms with Crippen molar-refractivity contribution in [2.45, 2.75) is 11.4 Å². The highest BCUT2D eigenvalue weighted by atomic mass is 32.2. The first-order valence-corrected chi connectivity index (χ1v) is 9.79. The molecule has 0 fully saturated rings. The number of aromatic nitrogens is 2. The number of hydrogen-bond acceptors (Lipinski definition) is 5. The number of carbonyl (C=O) groups excluding carboxylic acids is 1. The van der Waals surface area contributed by atoms with E-state index < -0.39 is 11.6 Å². The lowest BCUT2D eigenvalue weighted by molar-refractivity contribution is -0.129. The van der Waals surface area contributed by atoms with Gasteiger partial charge in [0, 0.05) is 18.6 Å². The first-order valence-electron chi connectivity index (χ1n) is 8.80. The molecule has 0 saturated carbocycles. The molecule has 3 rings (SSSR count). The van der Waals surface area contributed by atoms with Crippen LogP contribution in [0.4, 0.5) is 8.78 Å². The molecular formula is C20H19F2N3O3S. The normalized spacial score (nSPS) is 11.0. The molecule has 0 spiro atoms. The predicted octanol–water partition coefficient (Wildman–Crippen LogP) is 2.97. The SMILES string of the molecule is COCCN(Cc1nc2ccccc2c(=O)[nH]1)C(=O)CSc1ccc(F)c(F)c1. The van der Waals surface area contributed by atoms with Crippen molar-refractivity contribution in [3.8, 4) is 0 Å². The number of thioether (sulfide) groups is 1. The maximum atomic E-state index is 13.3. The molecule has 1 amide bonds. The highest BCUT2D eigenvalue weighted by molar-refractivity contribution is 8.00. The smallest absolute Gasteiger partial charge is 0.258 e. The number of nitrogens with one attached hydrogen (secondary N) is 1. The van der Waals surface area contributed by atoms with Gasteiger partial charge in [0.15, 0.2) is 11.6 Å². The predicted molar refractivity (Wildman–Crippen MR) is 107 cm³/mol. The van der Waals surface area contributed by atoms with Crippen LogP contribution in [-0.4, -0.2) is 46.8 Å². The van der Waals surface area contributed by atoms with Gasteiger partial charge in [0.05, 0.1) is 29.8 Å². The number of H-pyrrole nitrogens is 1. The van der Waals surface area contributed by atoms with Gasteiger partial charge >= 0.3 is 0 Å². The van der Waals surface area contributed by atoms with Gasteiger partial charge in [0.25, 0.3) is 5.56 Å². The van der Waals surface area contributed by atoms with Crippen molar-refractivity contribution < 1.29 is 18.3 Å². The van der Waals surface area contributed by atoms with Gasteiger partial charge in [-0.15, -0.1) is 11.8 Å². The third-order valence-corrected chi connectivity index (χ3v) is 5.15. The highest BCUT2D eigenvalue weighted by Gasteiger charge is 2.17. The molecule has 2 aromatic carbocycles. The molecule has 1 aromatic heterocycles. The Morgan fingerprint density at radius 3 is 2.76 bits per heavy atom. The highest BCUT2D eigenvalue weighted by Crippen LogP contribution is 2.21. The fourth-order valence-corrected chi connectivity index (χ4v) is 3.51. The third kappa shape index (κ3) is 5.39. The fraction of sp³-hybridized carbons (Fsp3) is 0.250. The van der Waals surface area contributed by atoms with E-state index in [0.29, 0.717) is 34.8 Å². The zero-order chi connectivity index (χ0) is 20.8. The lowest BCUT2D eigenvalue weighted by Gasteiger charge is -2.22. The van der Waals surface area contributed by atoms with Gasteiger partial charge in [0.1, 0.15) is 5.82 Å². The van der Waals surface area contributed by atoms with Gasteiger partial charge in [-0.3, -0.25) is 9.59 Å². The molecule has 0 bridgehead atoms. The van der Waals surface area contributed by atoms with Crippen LogP contribution in [0.1, 0.15) is 5.82 Å².